The molecule has 1 aromatic heterocycles. The summed E-state index contributed by atoms with van der Waals surface area (Å²) in [4.78, 5) is 7.16. The molecule has 1 saturated heterocycles. The van der Waals surface area contributed by atoms with E-state index in [1.807, 2.05) is 29.2 Å². The average Bonchev–Trinajstić information content (AvgIpc) is 3.10. The van der Waals surface area contributed by atoms with Gasteiger partial charge in [0.2, 0.25) is 0 Å². The normalized spacial score (nSPS) is 15.7. The van der Waals surface area contributed by atoms with Crippen LogP contribution in [-0.4, -0.2) is 49.7 Å². The van der Waals surface area contributed by atoms with Crippen molar-refractivity contribution in [1.29, 1.82) is 0 Å². The second-order valence-electron chi connectivity index (χ2n) is 5.48. The lowest BCUT2D eigenvalue weighted by Gasteiger charge is -2.33. The van der Waals surface area contributed by atoms with Gasteiger partial charge in [-0.3, -0.25) is 4.99 Å². The van der Waals surface area contributed by atoms with Crippen molar-refractivity contribution in [3.05, 3.63) is 30.2 Å². The molecule has 1 aliphatic rings. The minimum atomic E-state index is 0. The predicted octanol–water partition coefficient (Wildman–Crippen LogP) is 3.81. The van der Waals surface area contributed by atoms with E-state index in [-0.39, 0.29) is 24.0 Å². The third-order valence-corrected chi connectivity index (χ3v) is 5.61. The number of halogens is 1. The van der Waals surface area contributed by atoms with E-state index in [9.17, 15) is 0 Å². The zero-order valence-electron chi connectivity index (χ0n) is 14.4. The quantitative estimate of drug-likeness (QED) is 0.195. The third-order valence-electron chi connectivity index (χ3n) is 3.74. The molecule has 0 amide bonds. The topological polar surface area (TPSA) is 39.7 Å². The third kappa shape index (κ3) is 7.65. The van der Waals surface area contributed by atoms with Crippen molar-refractivity contribution in [3.8, 4) is 0 Å². The number of thioether (sulfide) groups is 1. The van der Waals surface area contributed by atoms with Crippen LogP contribution < -0.4 is 15.5 Å². The number of hydrogen-bond acceptors (Lipinski definition) is 4. The number of aliphatic imine (C=N–C) groups is 1. The smallest absolute Gasteiger partial charge is 0.191 e. The average molecular weight is 480 g/mol. The standard InChI is InChI=1S/C17H28N4S2.HI/c1-3-12-22-14-9-19-17(18-4-2)20-15-7-10-21(11-8-15)16-6-5-13-23-16;/h3,5-6,13,15H,1,4,7-12,14H2,2H3,(H2,18,19,20);1H. The molecule has 2 N–H and O–H groups in total. The van der Waals surface area contributed by atoms with Crippen LogP contribution >= 0.6 is 47.1 Å². The summed E-state index contributed by atoms with van der Waals surface area (Å²) >= 11 is 3.70. The van der Waals surface area contributed by atoms with E-state index in [0.717, 1.165) is 56.5 Å². The molecule has 2 rings (SSSR count). The lowest BCUT2D eigenvalue weighted by molar-refractivity contribution is 0.463. The zero-order valence-corrected chi connectivity index (χ0v) is 18.3. The number of hydrogen-bond donors (Lipinski definition) is 2. The number of anilines is 1. The molecule has 0 atom stereocenters. The van der Waals surface area contributed by atoms with Crippen LogP contribution in [0.1, 0.15) is 19.8 Å². The molecule has 0 saturated carbocycles. The molecule has 0 aromatic carbocycles. The van der Waals surface area contributed by atoms with Crippen LogP contribution in [0.2, 0.25) is 0 Å². The molecule has 7 heteroatoms. The van der Waals surface area contributed by atoms with Gasteiger partial charge in [0, 0.05) is 37.2 Å². The number of thiophene rings is 1. The minimum Gasteiger partial charge on any atom is -0.363 e. The molecule has 0 unspecified atom stereocenters. The molecule has 4 nitrogen and oxygen atoms in total. The number of guanidine groups is 1. The van der Waals surface area contributed by atoms with Gasteiger partial charge < -0.3 is 15.5 Å². The Balaban J connectivity index is 0.00000288. The summed E-state index contributed by atoms with van der Waals surface area (Å²) in [6.07, 6.45) is 4.26. The Labute approximate surface area is 171 Å². The molecule has 1 aromatic rings. The largest absolute Gasteiger partial charge is 0.363 e. The lowest BCUT2D eigenvalue weighted by Crippen LogP contribution is -2.48. The summed E-state index contributed by atoms with van der Waals surface area (Å²) in [5.74, 6) is 3.00. The SMILES string of the molecule is C=CCSCCN=C(NCC)NC1CCN(c2cccs2)CC1.I. The fourth-order valence-corrected chi connectivity index (χ4v) is 3.94. The Hall–Kier alpha value is -0.410. The summed E-state index contributed by atoms with van der Waals surface area (Å²) in [6.45, 7) is 9.84. The monoisotopic (exact) mass is 480 g/mol. The Bertz CT molecular complexity index is 471. The second kappa shape index (κ2) is 12.9. The van der Waals surface area contributed by atoms with E-state index in [0.29, 0.717) is 6.04 Å². The van der Waals surface area contributed by atoms with Crippen molar-refractivity contribution in [1.82, 2.24) is 10.6 Å². The van der Waals surface area contributed by atoms with Crippen molar-refractivity contribution in [3.63, 3.8) is 0 Å². The fourth-order valence-electron chi connectivity index (χ4n) is 2.60. The molecular formula is C17H29IN4S2. The van der Waals surface area contributed by atoms with Crippen molar-refractivity contribution in [2.24, 2.45) is 4.99 Å². The number of nitrogens with zero attached hydrogens (tertiary/aromatic N) is 2. The highest BCUT2D eigenvalue weighted by Gasteiger charge is 2.20. The Morgan fingerprint density at radius 2 is 2.29 bits per heavy atom. The van der Waals surface area contributed by atoms with E-state index in [1.54, 1.807) is 0 Å². The van der Waals surface area contributed by atoms with Gasteiger partial charge in [0.1, 0.15) is 0 Å². The zero-order chi connectivity index (χ0) is 16.3. The summed E-state index contributed by atoms with van der Waals surface area (Å²) < 4.78 is 0. The maximum Gasteiger partial charge on any atom is 0.191 e. The predicted molar refractivity (Wildman–Crippen MR) is 122 cm³/mol. The first kappa shape index (κ1) is 21.6. The number of rotatable bonds is 8. The summed E-state index contributed by atoms with van der Waals surface area (Å²) in [5, 5.41) is 10.5. The molecule has 0 aliphatic carbocycles. The first-order valence-electron chi connectivity index (χ1n) is 8.35. The van der Waals surface area contributed by atoms with Crippen molar-refractivity contribution < 1.29 is 0 Å². The molecule has 24 heavy (non-hydrogen) atoms. The second-order valence-corrected chi connectivity index (χ2v) is 7.56. The van der Waals surface area contributed by atoms with Crippen molar-refractivity contribution in [2.45, 2.75) is 25.8 Å². The Morgan fingerprint density at radius 3 is 2.92 bits per heavy atom. The van der Waals surface area contributed by atoms with Crippen LogP contribution in [0.15, 0.2) is 35.2 Å². The highest BCUT2D eigenvalue weighted by Crippen LogP contribution is 2.24. The van der Waals surface area contributed by atoms with Crippen LogP contribution in [0, 0.1) is 0 Å². The number of nitrogens with one attached hydrogen (secondary N) is 2. The van der Waals surface area contributed by atoms with Gasteiger partial charge in [-0.1, -0.05) is 6.08 Å². The highest BCUT2D eigenvalue weighted by atomic mass is 127. The summed E-state index contributed by atoms with van der Waals surface area (Å²) in [5.41, 5.74) is 0. The molecule has 0 radical (unpaired) electrons. The molecule has 1 fully saturated rings. The Kier molecular flexibility index (Phi) is 11.6. The van der Waals surface area contributed by atoms with Gasteiger partial charge in [-0.05, 0) is 37.3 Å². The lowest BCUT2D eigenvalue weighted by atomic mass is 10.1. The number of piperidine rings is 1. The first-order chi connectivity index (χ1) is 11.3. The Morgan fingerprint density at radius 1 is 1.50 bits per heavy atom. The molecule has 0 bridgehead atoms. The van der Waals surface area contributed by atoms with Crippen molar-refractivity contribution >= 4 is 58.0 Å². The maximum absolute atomic E-state index is 4.68. The maximum atomic E-state index is 4.68. The van der Waals surface area contributed by atoms with Gasteiger partial charge in [0.25, 0.3) is 0 Å². The van der Waals surface area contributed by atoms with Gasteiger partial charge >= 0.3 is 0 Å². The van der Waals surface area contributed by atoms with Crippen LogP contribution in [0.3, 0.4) is 0 Å². The minimum absolute atomic E-state index is 0. The van der Waals surface area contributed by atoms with E-state index in [4.69, 9.17) is 0 Å². The van der Waals surface area contributed by atoms with Crippen LogP contribution in [-0.2, 0) is 0 Å². The molecule has 1 aliphatic heterocycles. The highest BCUT2D eigenvalue weighted by molar-refractivity contribution is 14.0. The van der Waals surface area contributed by atoms with Gasteiger partial charge in [-0.25, -0.2) is 0 Å². The van der Waals surface area contributed by atoms with Crippen molar-refractivity contribution in [2.75, 3.05) is 42.6 Å². The molecule has 136 valence electrons. The summed E-state index contributed by atoms with van der Waals surface area (Å²) in [6, 6.07) is 4.86. The van der Waals surface area contributed by atoms with E-state index < -0.39 is 0 Å². The molecule has 0 spiro atoms. The van der Waals surface area contributed by atoms with Crippen LogP contribution in [0.5, 0.6) is 0 Å². The van der Waals surface area contributed by atoms with Gasteiger partial charge in [-0.15, -0.1) is 41.9 Å². The van der Waals surface area contributed by atoms with E-state index in [1.165, 1.54) is 5.00 Å². The molecule has 2 heterocycles. The molecular weight excluding hydrogens is 451 g/mol. The van der Waals surface area contributed by atoms with Gasteiger partial charge in [0.05, 0.1) is 11.5 Å². The van der Waals surface area contributed by atoms with Gasteiger partial charge in [0.15, 0.2) is 5.96 Å². The summed E-state index contributed by atoms with van der Waals surface area (Å²) in [7, 11) is 0. The van der Waals surface area contributed by atoms with E-state index in [2.05, 4.69) is 51.5 Å². The fraction of sp³-hybridized carbons (Fsp3) is 0.588. The van der Waals surface area contributed by atoms with E-state index >= 15 is 0 Å². The van der Waals surface area contributed by atoms with Gasteiger partial charge in [-0.2, -0.15) is 11.8 Å². The van der Waals surface area contributed by atoms with Crippen LogP contribution in [0.4, 0.5) is 5.00 Å². The first-order valence-corrected chi connectivity index (χ1v) is 10.4. The van der Waals surface area contributed by atoms with Crippen LogP contribution in [0.25, 0.3) is 0 Å².